The second-order valence-electron chi connectivity index (χ2n) is 18.9. The van der Waals surface area contributed by atoms with Gasteiger partial charge < -0.3 is 20.3 Å². The van der Waals surface area contributed by atoms with Crippen LogP contribution in [-0.2, 0) is 14.3 Å². The van der Waals surface area contributed by atoms with Crippen molar-refractivity contribution in [3.8, 4) is 0 Å². The first-order chi connectivity index (χ1) is 30.5. The predicted molar refractivity (Wildman–Crippen MR) is 269 cm³/mol. The number of aliphatic hydroxyl groups is 2. The number of carbonyl (C=O) groups excluding carboxylic acids is 2. The van der Waals surface area contributed by atoms with Crippen LogP contribution in [0.4, 0.5) is 0 Å². The Bertz CT molecular complexity index is 966. The Morgan fingerprint density at radius 3 is 1.19 bits per heavy atom. The molecule has 0 aliphatic carbocycles. The maximum atomic E-state index is 12.5. The van der Waals surface area contributed by atoms with Crippen LogP contribution in [0.1, 0.15) is 296 Å². The first-order valence-electron chi connectivity index (χ1n) is 27.6. The van der Waals surface area contributed by atoms with Crippen molar-refractivity contribution >= 4 is 11.9 Å². The number of ether oxygens (including phenoxy) is 1. The van der Waals surface area contributed by atoms with Crippen molar-refractivity contribution in [2.45, 2.75) is 309 Å². The molecule has 2 unspecified atom stereocenters. The van der Waals surface area contributed by atoms with Crippen LogP contribution in [0.25, 0.3) is 0 Å². The largest absolute Gasteiger partial charge is 0.466 e. The standard InChI is InChI=1S/C56H107NO5/c1-3-5-7-9-11-13-15-17-20-24-28-32-36-40-44-48-54(59)53(52-58)57-55(60)49-45-41-37-33-29-25-22-19-23-27-31-35-39-43-47-51-62-56(61)50-46-42-38-34-30-26-21-18-16-14-12-10-8-6-4-2/h19,23,27,31,53-54,58-59H,3-18,20-22,24-26,28-30,32-52H2,1-2H3,(H,57,60)/b23-19-,31-27-. The molecule has 0 fully saturated rings. The van der Waals surface area contributed by atoms with Crippen molar-refractivity contribution in [3.05, 3.63) is 24.3 Å². The summed E-state index contributed by atoms with van der Waals surface area (Å²) in [4.78, 5) is 24.5. The van der Waals surface area contributed by atoms with E-state index in [9.17, 15) is 19.8 Å². The molecule has 0 heterocycles. The summed E-state index contributed by atoms with van der Waals surface area (Å²) >= 11 is 0. The van der Waals surface area contributed by atoms with E-state index < -0.39 is 12.1 Å². The molecule has 0 aromatic rings. The van der Waals surface area contributed by atoms with E-state index in [4.69, 9.17) is 4.74 Å². The van der Waals surface area contributed by atoms with Crippen LogP contribution in [0.2, 0.25) is 0 Å². The first kappa shape index (κ1) is 60.3. The first-order valence-corrected chi connectivity index (χ1v) is 27.6. The Balaban J connectivity index is 3.51. The summed E-state index contributed by atoms with van der Waals surface area (Å²) in [6.07, 6.45) is 61.6. The van der Waals surface area contributed by atoms with Gasteiger partial charge >= 0.3 is 5.97 Å². The van der Waals surface area contributed by atoms with E-state index in [1.165, 1.54) is 186 Å². The lowest BCUT2D eigenvalue weighted by atomic mass is 10.0. The van der Waals surface area contributed by atoms with Crippen LogP contribution in [-0.4, -0.2) is 47.4 Å². The molecule has 0 saturated carbocycles. The molecule has 0 aromatic carbocycles. The number of carbonyl (C=O) groups is 2. The molecule has 3 N–H and O–H groups in total. The lowest BCUT2D eigenvalue weighted by Crippen LogP contribution is -2.45. The Labute approximate surface area is 386 Å². The van der Waals surface area contributed by atoms with Crippen molar-refractivity contribution in [2.24, 2.45) is 0 Å². The zero-order chi connectivity index (χ0) is 45.1. The maximum Gasteiger partial charge on any atom is 0.305 e. The number of esters is 1. The molecule has 0 spiro atoms. The van der Waals surface area contributed by atoms with Gasteiger partial charge in [0.15, 0.2) is 0 Å². The molecule has 0 saturated heterocycles. The normalized spacial score (nSPS) is 12.8. The Kier molecular flexibility index (Phi) is 50.6. The van der Waals surface area contributed by atoms with Gasteiger partial charge in [0.25, 0.3) is 0 Å². The Morgan fingerprint density at radius 2 is 0.790 bits per heavy atom. The topological polar surface area (TPSA) is 95.9 Å². The van der Waals surface area contributed by atoms with Crippen molar-refractivity contribution in [1.82, 2.24) is 5.32 Å². The maximum absolute atomic E-state index is 12.5. The smallest absolute Gasteiger partial charge is 0.305 e. The number of aliphatic hydroxyl groups excluding tert-OH is 2. The quantitative estimate of drug-likeness (QED) is 0.0321. The van der Waals surface area contributed by atoms with Gasteiger partial charge in [-0.15, -0.1) is 0 Å². The fourth-order valence-electron chi connectivity index (χ4n) is 8.51. The van der Waals surface area contributed by atoms with E-state index in [0.29, 0.717) is 25.9 Å². The van der Waals surface area contributed by atoms with Gasteiger partial charge in [0.1, 0.15) is 0 Å². The summed E-state index contributed by atoms with van der Waals surface area (Å²) < 4.78 is 5.45. The second kappa shape index (κ2) is 52.0. The summed E-state index contributed by atoms with van der Waals surface area (Å²) in [6, 6.07) is -0.557. The van der Waals surface area contributed by atoms with Crippen LogP contribution in [0, 0.1) is 0 Å². The van der Waals surface area contributed by atoms with Crippen LogP contribution in [0.5, 0.6) is 0 Å². The zero-order valence-electron chi connectivity index (χ0n) is 41.6. The number of hydrogen-bond donors (Lipinski definition) is 3. The minimum atomic E-state index is -0.678. The summed E-state index contributed by atoms with van der Waals surface area (Å²) in [7, 11) is 0. The monoisotopic (exact) mass is 874 g/mol. The lowest BCUT2D eigenvalue weighted by molar-refractivity contribution is -0.143. The Morgan fingerprint density at radius 1 is 0.452 bits per heavy atom. The number of allylic oxidation sites excluding steroid dienone is 4. The van der Waals surface area contributed by atoms with Gasteiger partial charge in [0.2, 0.25) is 5.91 Å². The van der Waals surface area contributed by atoms with Crippen molar-refractivity contribution in [2.75, 3.05) is 13.2 Å². The molecule has 2 atom stereocenters. The molecule has 0 radical (unpaired) electrons. The van der Waals surface area contributed by atoms with Crippen LogP contribution in [0.15, 0.2) is 24.3 Å². The number of amides is 1. The molecular weight excluding hydrogens is 767 g/mol. The van der Waals surface area contributed by atoms with Crippen LogP contribution in [0.3, 0.4) is 0 Å². The van der Waals surface area contributed by atoms with Gasteiger partial charge in [-0.3, -0.25) is 9.59 Å². The number of rotatable bonds is 51. The fourth-order valence-corrected chi connectivity index (χ4v) is 8.51. The van der Waals surface area contributed by atoms with Crippen LogP contribution >= 0.6 is 0 Å². The minimum Gasteiger partial charge on any atom is -0.466 e. The summed E-state index contributed by atoms with van der Waals surface area (Å²) in [5.41, 5.74) is 0. The molecule has 6 nitrogen and oxygen atoms in total. The van der Waals surface area contributed by atoms with Gasteiger partial charge in [-0.05, 0) is 57.8 Å². The molecule has 6 heteroatoms. The molecule has 0 bridgehead atoms. The molecule has 366 valence electrons. The van der Waals surface area contributed by atoms with E-state index in [1.807, 2.05) is 0 Å². The van der Waals surface area contributed by atoms with Crippen molar-refractivity contribution < 1.29 is 24.5 Å². The molecule has 0 rings (SSSR count). The number of nitrogens with one attached hydrogen (secondary N) is 1. The molecule has 1 amide bonds. The van der Waals surface area contributed by atoms with E-state index >= 15 is 0 Å². The second-order valence-corrected chi connectivity index (χ2v) is 18.9. The van der Waals surface area contributed by atoms with E-state index in [-0.39, 0.29) is 18.5 Å². The van der Waals surface area contributed by atoms with Gasteiger partial charge in [0.05, 0.1) is 25.4 Å². The lowest BCUT2D eigenvalue weighted by Gasteiger charge is -2.22. The van der Waals surface area contributed by atoms with Crippen LogP contribution < -0.4 is 5.32 Å². The van der Waals surface area contributed by atoms with Gasteiger partial charge in [0, 0.05) is 12.8 Å². The van der Waals surface area contributed by atoms with Crippen molar-refractivity contribution in [1.29, 1.82) is 0 Å². The van der Waals surface area contributed by atoms with Crippen molar-refractivity contribution in [3.63, 3.8) is 0 Å². The molecule has 0 aromatic heterocycles. The molecule has 0 aliphatic rings. The fraction of sp³-hybridized carbons (Fsp3) is 0.893. The molecular formula is C56H107NO5. The highest BCUT2D eigenvalue weighted by Gasteiger charge is 2.20. The Hall–Kier alpha value is -1.66. The highest BCUT2D eigenvalue weighted by Crippen LogP contribution is 2.17. The molecule has 62 heavy (non-hydrogen) atoms. The van der Waals surface area contributed by atoms with E-state index in [1.54, 1.807) is 0 Å². The summed E-state index contributed by atoms with van der Waals surface area (Å²) in [6.45, 7) is 4.91. The highest BCUT2D eigenvalue weighted by atomic mass is 16.5. The van der Waals surface area contributed by atoms with E-state index in [0.717, 1.165) is 77.0 Å². The highest BCUT2D eigenvalue weighted by molar-refractivity contribution is 5.76. The average molecular weight is 874 g/mol. The van der Waals surface area contributed by atoms with Gasteiger partial charge in [-0.1, -0.05) is 250 Å². The number of unbranched alkanes of at least 4 members (excludes halogenated alkanes) is 37. The SMILES string of the molecule is CCCCCCCCCCCCCCCCCC(=O)OCCCCC/C=C\C=C/CCCCCCCCC(=O)NC(CO)C(O)CCCCCCCCCCCCCCCCC. The third-order valence-electron chi connectivity index (χ3n) is 12.8. The average Bonchev–Trinajstić information content (AvgIpc) is 3.27. The zero-order valence-corrected chi connectivity index (χ0v) is 41.6. The van der Waals surface area contributed by atoms with E-state index in [2.05, 4.69) is 43.5 Å². The minimum absolute atomic E-state index is 0.0186. The van der Waals surface area contributed by atoms with Gasteiger partial charge in [-0.2, -0.15) is 0 Å². The molecule has 0 aliphatic heterocycles. The predicted octanol–water partition coefficient (Wildman–Crippen LogP) is 16.7. The third kappa shape index (κ3) is 47.8. The number of hydrogen-bond acceptors (Lipinski definition) is 5. The summed E-state index contributed by atoms with van der Waals surface area (Å²) in [5.74, 6) is -0.0749. The third-order valence-corrected chi connectivity index (χ3v) is 12.8. The summed E-state index contributed by atoms with van der Waals surface area (Å²) in [5, 5.41) is 23.2. The van der Waals surface area contributed by atoms with Gasteiger partial charge in [-0.25, -0.2) is 0 Å².